The number of likely N-dealkylation sites (N-methyl/N-ethyl adjacent to an activating group) is 1. The van der Waals surface area contributed by atoms with Crippen molar-refractivity contribution in [2.45, 2.75) is 33.7 Å². The van der Waals surface area contributed by atoms with Crippen molar-refractivity contribution in [2.75, 3.05) is 39.4 Å². The maximum absolute atomic E-state index is 13.8. The van der Waals surface area contributed by atoms with Crippen molar-refractivity contribution in [1.29, 1.82) is 0 Å². The quantitative estimate of drug-likeness (QED) is 0.354. The molecule has 3 aromatic rings. The van der Waals surface area contributed by atoms with E-state index in [0.717, 1.165) is 24.2 Å². The Hall–Kier alpha value is -3.58. The number of carbonyl (C=O) groups excluding carboxylic acids is 1. The van der Waals surface area contributed by atoms with Gasteiger partial charge >= 0.3 is 0 Å². The van der Waals surface area contributed by atoms with E-state index in [1.165, 1.54) is 0 Å². The van der Waals surface area contributed by atoms with Gasteiger partial charge in [0.15, 0.2) is 16.9 Å². The summed E-state index contributed by atoms with van der Waals surface area (Å²) < 4.78 is 17.7. The van der Waals surface area contributed by atoms with Gasteiger partial charge in [0.1, 0.15) is 12.2 Å². The first-order valence-corrected chi connectivity index (χ1v) is 12.5. The molecule has 0 saturated heterocycles. The van der Waals surface area contributed by atoms with Crippen molar-refractivity contribution in [3.05, 3.63) is 81.7 Å². The third-order valence-corrected chi connectivity index (χ3v) is 6.61. The number of nitrogens with zero attached hydrogens (tertiary/aromatic N) is 2. The number of rotatable bonds is 11. The molecule has 1 atom stereocenters. The molecule has 1 unspecified atom stereocenters. The first-order chi connectivity index (χ1) is 17.4. The van der Waals surface area contributed by atoms with E-state index in [2.05, 4.69) is 25.3 Å². The van der Waals surface area contributed by atoms with Gasteiger partial charge in [0, 0.05) is 13.1 Å². The summed E-state index contributed by atoms with van der Waals surface area (Å²) in [6.07, 6.45) is 1.67. The first-order valence-electron chi connectivity index (χ1n) is 12.5. The number of amides is 1. The van der Waals surface area contributed by atoms with Crippen LogP contribution in [0.5, 0.6) is 11.5 Å². The Labute approximate surface area is 211 Å². The monoisotopic (exact) mass is 490 g/mol. The van der Waals surface area contributed by atoms with E-state index in [1.54, 1.807) is 17.0 Å². The molecule has 1 aliphatic rings. The molecule has 0 N–H and O–H groups in total. The Kier molecular flexibility index (Phi) is 7.79. The first kappa shape index (κ1) is 25.5. The minimum Gasteiger partial charge on any atom is -0.490 e. The van der Waals surface area contributed by atoms with Gasteiger partial charge in [0.2, 0.25) is 5.76 Å². The summed E-state index contributed by atoms with van der Waals surface area (Å²) in [5.74, 6) is 0.987. The molecule has 1 aliphatic heterocycles. The van der Waals surface area contributed by atoms with Crippen LogP contribution in [0.15, 0.2) is 58.3 Å². The number of ether oxygens (including phenoxy) is 2. The summed E-state index contributed by atoms with van der Waals surface area (Å²) in [6, 6.07) is 10.4. The van der Waals surface area contributed by atoms with Crippen LogP contribution in [0.25, 0.3) is 11.0 Å². The van der Waals surface area contributed by atoms with E-state index >= 15 is 0 Å². The molecule has 1 aromatic heterocycles. The average molecular weight is 491 g/mol. The van der Waals surface area contributed by atoms with Crippen molar-refractivity contribution in [3.8, 4) is 11.5 Å². The van der Waals surface area contributed by atoms with E-state index in [-0.39, 0.29) is 17.1 Å². The lowest BCUT2D eigenvalue weighted by Gasteiger charge is -2.28. The van der Waals surface area contributed by atoms with Crippen molar-refractivity contribution >= 4 is 16.9 Å². The standard InChI is InChI=1S/C29H34N2O5/c1-6-16-35-23-13-11-20(18-24(23)34-9-4)26-25-27(32)21-17-19(5)10-12-22(21)36-28(25)29(33)31(26)15-14-30(7-2)8-3/h6,10-13,17-18,26H,1,7-9,14-16H2,2-5H3. The second kappa shape index (κ2) is 11.0. The van der Waals surface area contributed by atoms with Gasteiger partial charge < -0.3 is 23.7 Å². The highest BCUT2D eigenvalue weighted by atomic mass is 16.5. The number of hydrogen-bond donors (Lipinski definition) is 0. The zero-order valence-corrected chi connectivity index (χ0v) is 21.5. The van der Waals surface area contributed by atoms with E-state index in [0.29, 0.717) is 54.3 Å². The van der Waals surface area contributed by atoms with Gasteiger partial charge in [-0.05, 0) is 56.8 Å². The molecule has 2 aromatic carbocycles. The largest absolute Gasteiger partial charge is 0.490 e. The van der Waals surface area contributed by atoms with Gasteiger partial charge in [0.25, 0.3) is 5.91 Å². The fraction of sp³-hybridized carbons (Fsp3) is 0.379. The third-order valence-electron chi connectivity index (χ3n) is 6.61. The van der Waals surface area contributed by atoms with Crippen molar-refractivity contribution in [1.82, 2.24) is 9.80 Å². The Morgan fingerprint density at radius 3 is 2.53 bits per heavy atom. The van der Waals surface area contributed by atoms with Crippen LogP contribution in [-0.4, -0.2) is 55.1 Å². The Bertz CT molecular complexity index is 1330. The maximum atomic E-state index is 13.8. The summed E-state index contributed by atoms with van der Waals surface area (Å²) in [7, 11) is 0. The van der Waals surface area contributed by atoms with Gasteiger partial charge in [-0.3, -0.25) is 9.59 Å². The number of aryl methyl sites for hydroxylation is 1. The van der Waals surface area contributed by atoms with Crippen molar-refractivity contribution in [3.63, 3.8) is 0 Å². The Morgan fingerprint density at radius 1 is 1.06 bits per heavy atom. The molecule has 0 fully saturated rings. The van der Waals surface area contributed by atoms with Crippen LogP contribution in [0.3, 0.4) is 0 Å². The second-order valence-electron chi connectivity index (χ2n) is 8.84. The highest BCUT2D eigenvalue weighted by Gasteiger charge is 2.43. The fourth-order valence-corrected chi connectivity index (χ4v) is 4.73. The molecule has 0 spiro atoms. The van der Waals surface area contributed by atoms with Crippen LogP contribution in [0.1, 0.15) is 54.1 Å². The predicted molar refractivity (Wildman–Crippen MR) is 141 cm³/mol. The molecule has 7 heteroatoms. The molecule has 4 rings (SSSR count). The molecule has 2 heterocycles. The van der Waals surface area contributed by atoms with E-state index in [4.69, 9.17) is 13.9 Å². The molecule has 0 saturated carbocycles. The molecular formula is C29H34N2O5. The van der Waals surface area contributed by atoms with Crippen LogP contribution < -0.4 is 14.9 Å². The zero-order valence-electron chi connectivity index (χ0n) is 21.5. The molecule has 0 aliphatic carbocycles. The van der Waals surface area contributed by atoms with E-state index in [9.17, 15) is 9.59 Å². The van der Waals surface area contributed by atoms with Gasteiger partial charge in [-0.2, -0.15) is 0 Å². The summed E-state index contributed by atoms with van der Waals surface area (Å²) in [6.45, 7) is 15.4. The lowest BCUT2D eigenvalue weighted by molar-refractivity contribution is 0.0708. The van der Waals surface area contributed by atoms with Gasteiger partial charge in [-0.25, -0.2) is 0 Å². The summed E-state index contributed by atoms with van der Waals surface area (Å²) in [5, 5.41) is 0.480. The van der Waals surface area contributed by atoms with Crippen LogP contribution in [-0.2, 0) is 0 Å². The minimum atomic E-state index is -0.586. The predicted octanol–water partition coefficient (Wildman–Crippen LogP) is 4.95. The lowest BCUT2D eigenvalue weighted by atomic mass is 9.97. The smallest absolute Gasteiger partial charge is 0.290 e. The van der Waals surface area contributed by atoms with Gasteiger partial charge in [-0.15, -0.1) is 0 Å². The number of carbonyl (C=O) groups is 1. The highest BCUT2D eigenvalue weighted by Crippen LogP contribution is 2.41. The average Bonchev–Trinajstić information content (AvgIpc) is 3.16. The summed E-state index contributed by atoms with van der Waals surface area (Å²) in [4.78, 5) is 31.5. The molecular weight excluding hydrogens is 456 g/mol. The minimum absolute atomic E-state index is 0.117. The normalized spacial score (nSPS) is 15.0. The van der Waals surface area contributed by atoms with Crippen molar-refractivity contribution < 1.29 is 18.7 Å². The Morgan fingerprint density at radius 2 is 1.83 bits per heavy atom. The topological polar surface area (TPSA) is 72.2 Å². The molecule has 0 radical (unpaired) electrons. The van der Waals surface area contributed by atoms with Gasteiger partial charge in [0.05, 0.1) is 23.6 Å². The van der Waals surface area contributed by atoms with E-state index in [1.807, 2.05) is 44.2 Å². The highest BCUT2D eigenvalue weighted by molar-refractivity contribution is 5.99. The molecule has 0 bridgehead atoms. The molecule has 36 heavy (non-hydrogen) atoms. The number of fused-ring (bicyclic) bond motifs is 2. The second-order valence-corrected chi connectivity index (χ2v) is 8.84. The van der Waals surface area contributed by atoms with Crippen LogP contribution in [0, 0.1) is 6.92 Å². The van der Waals surface area contributed by atoms with Crippen molar-refractivity contribution in [2.24, 2.45) is 0 Å². The third kappa shape index (κ3) is 4.75. The van der Waals surface area contributed by atoms with Crippen LogP contribution >= 0.6 is 0 Å². The summed E-state index contributed by atoms with van der Waals surface area (Å²) >= 11 is 0. The maximum Gasteiger partial charge on any atom is 0.290 e. The fourth-order valence-electron chi connectivity index (χ4n) is 4.73. The molecule has 7 nitrogen and oxygen atoms in total. The Balaban J connectivity index is 1.87. The number of benzene rings is 2. The SMILES string of the molecule is C=CCOc1ccc(C2c3c(oc4ccc(C)cc4c3=O)C(=O)N2CCN(CC)CC)cc1OCC. The zero-order chi connectivity index (χ0) is 25.8. The van der Waals surface area contributed by atoms with Crippen LogP contribution in [0.4, 0.5) is 0 Å². The molecule has 190 valence electrons. The van der Waals surface area contributed by atoms with Crippen LogP contribution in [0.2, 0.25) is 0 Å². The van der Waals surface area contributed by atoms with E-state index < -0.39 is 6.04 Å². The lowest BCUT2D eigenvalue weighted by Crippen LogP contribution is -2.37. The molecule has 1 amide bonds. The summed E-state index contributed by atoms with van der Waals surface area (Å²) in [5.41, 5.74) is 2.35. The van der Waals surface area contributed by atoms with Gasteiger partial charge in [-0.1, -0.05) is 44.2 Å². The number of hydrogen-bond acceptors (Lipinski definition) is 6.